The average Bonchev–Trinajstić information content (AvgIpc) is 2.28. The van der Waals surface area contributed by atoms with E-state index in [-0.39, 0.29) is 17.9 Å². The number of nitrogens with one attached hydrogen (secondary N) is 2. The molecular formula is C10H13ClN4O2. The summed E-state index contributed by atoms with van der Waals surface area (Å²) in [6.45, 7) is 3.42. The lowest BCUT2D eigenvalue weighted by Crippen LogP contribution is -2.49. The maximum absolute atomic E-state index is 11.8. The number of ether oxygens (including phenoxy) is 1. The summed E-state index contributed by atoms with van der Waals surface area (Å²) in [5.74, 6) is -0.00117. The summed E-state index contributed by atoms with van der Waals surface area (Å²) in [5.41, 5.74) is 0.702. The highest BCUT2D eigenvalue weighted by Gasteiger charge is 2.21. The number of carbonyl (C=O) groups is 1. The van der Waals surface area contributed by atoms with Crippen LogP contribution in [-0.2, 0) is 9.53 Å². The first-order valence-electron chi connectivity index (χ1n) is 5.28. The zero-order chi connectivity index (χ0) is 12.3. The first-order valence-corrected chi connectivity index (χ1v) is 5.66. The van der Waals surface area contributed by atoms with Gasteiger partial charge in [-0.1, -0.05) is 11.6 Å². The van der Waals surface area contributed by atoms with Gasteiger partial charge in [0.15, 0.2) is 0 Å². The van der Waals surface area contributed by atoms with Crippen molar-refractivity contribution >= 4 is 23.5 Å². The molecule has 6 nitrogen and oxygen atoms in total. The molecule has 0 aromatic carbocycles. The zero-order valence-corrected chi connectivity index (χ0v) is 10.1. The number of rotatable bonds is 2. The molecule has 2 N–H and O–H groups in total. The summed E-state index contributed by atoms with van der Waals surface area (Å²) >= 11 is 5.78. The largest absolute Gasteiger partial charge is 0.378 e. The van der Waals surface area contributed by atoms with Crippen LogP contribution in [0.5, 0.6) is 0 Å². The van der Waals surface area contributed by atoms with Gasteiger partial charge in [-0.3, -0.25) is 10.1 Å². The van der Waals surface area contributed by atoms with Crippen molar-refractivity contribution in [1.29, 1.82) is 0 Å². The lowest BCUT2D eigenvalue weighted by molar-refractivity contribution is -0.120. The van der Waals surface area contributed by atoms with Gasteiger partial charge in [0.05, 0.1) is 13.2 Å². The van der Waals surface area contributed by atoms with Crippen molar-refractivity contribution < 1.29 is 9.53 Å². The standard InChI is InChI=1S/C10H13ClN4O2/c1-6-4-8(11)14-10(13-6)15-9(16)7-5-17-3-2-12-7/h4,7,12H,2-3,5H2,1H3,(H,13,14,15,16). The molecule has 0 aliphatic carbocycles. The van der Waals surface area contributed by atoms with Gasteiger partial charge in [0.2, 0.25) is 11.9 Å². The van der Waals surface area contributed by atoms with Gasteiger partial charge in [0, 0.05) is 12.2 Å². The van der Waals surface area contributed by atoms with Crippen LogP contribution in [0.3, 0.4) is 0 Å². The molecule has 92 valence electrons. The zero-order valence-electron chi connectivity index (χ0n) is 9.36. The molecule has 2 rings (SSSR count). The van der Waals surface area contributed by atoms with Gasteiger partial charge in [0.1, 0.15) is 11.2 Å². The minimum absolute atomic E-state index is 0.215. The Morgan fingerprint density at radius 3 is 3.12 bits per heavy atom. The fraction of sp³-hybridized carbons (Fsp3) is 0.500. The predicted octanol–water partition coefficient (Wildman–Crippen LogP) is 0.365. The monoisotopic (exact) mass is 256 g/mol. The third kappa shape index (κ3) is 3.36. The Morgan fingerprint density at radius 1 is 1.65 bits per heavy atom. The number of aromatic nitrogens is 2. The summed E-state index contributed by atoms with van der Waals surface area (Å²) in [6.07, 6.45) is 0. The number of nitrogens with zero attached hydrogens (tertiary/aromatic N) is 2. The van der Waals surface area contributed by atoms with E-state index >= 15 is 0 Å². The molecule has 1 amide bonds. The SMILES string of the molecule is Cc1cc(Cl)nc(NC(=O)C2COCCN2)n1. The van der Waals surface area contributed by atoms with Crippen molar-refractivity contribution in [1.82, 2.24) is 15.3 Å². The number of amides is 1. The van der Waals surface area contributed by atoms with Crippen LogP contribution in [0.1, 0.15) is 5.69 Å². The molecule has 7 heteroatoms. The van der Waals surface area contributed by atoms with E-state index in [1.165, 1.54) is 0 Å². The summed E-state index contributed by atoms with van der Waals surface area (Å²) in [5, 5.41) is 5.95. The van der Waals surface area contributed by atoms with E-state index in [0.717, 1.165) is 0 Å². The summed E-state index contributed by atoms with van der Waals surface area (Å²) < 4.78 is 5.20. The second-order valence-electron chi connectivity index (χ2n) is 3.73. The number of hydrogen-bond acceptors (Lipinski definition) is 5. The number of anilines is 1. The van der Waals surface area contributed by atoms with Crippen LogP contribution >= 0.6 is 11.6 Å². The van der Waals surface area contributed by atoms with E-state index in [0.29, 0.717) is 30.6 Å². The molecule has 1 fully saturated rings. The van der Waals surface area contributed by atoms with Crippen LogP contribution in [0.4, 0.5) is 5.95 Å². The second-order valence-corrected chi connectivity index (χ2v) is 4.11. The molecule has 1 aromatic heterocycles. The average molecular weight is 257 g/mol. The second kappa shape index (κ2) is 5.39. The van der Waals surface area contributed by atoms with E-state index in [4.69, 9.17) is 16.3 Å². The Morgan fingerprint density at radius 2 is 2.47 bits per heavy atom. The normalized spacial score (nSPS) is 20.0. The summed E-state index contributed by atoms with van der Waals surface area (Å²) in [7, 11) is 0. The number of morpholine rings is 1. The van der Waals surface area contributed by atoms with Crippen LogP contribution in [0.15, 0.2) is 6.07 Å². The van der Waals surface area contributed by atoms with E-state index in [1.807, 2.05) is 0 Å². The molecule has 0 spiro atoms. The Bertz CT molecular complexity index is 401. The molecule has 1 saturated heterocycles. The number of carbonyl (C=O) groups excluding carboxylic acids is 1. The predicted molar refractivity (Wildman–Crippen MR) is 63.0 cm³/mol. The van der Waals surface area contributed by atoms with Gasteiger partial charge in [-0.25, -0.2) is 9.97 Å². The maximum atomic E-state index is 11.8. The van der Waals surface area contributed by atoms with E-state index < -0.39 is 0 Å². The molecule has 1 atom stereocenters. The van der Waals surface area contributed by atoms with Crippen LogP contribution < -0.4 is 10.6 Å². The molecule has 2 heterocycles. The Kier molecular flexibility index (Phi) is 3.88. The van der Waals surface area contributed by atoms with Crippen molar-refractivity contribution in [3.05, 3.63) is 16.9 Å². The molecule has 0 radical (unpaired) electrons. The van der Waals surface area contributed by atoms with Crippen molar-refractivity contribution in [3.63, 3.8) is 0 Å². The quantitative estimate of drug-likeness (QED) is 0.748. The lowest BCUT2D eigenvalue weighted by atomic mass is 10.2. The minimum Gasteiger partial charge on any atom is -0.378 e. The molecule has 1 aliphatic rings. The van der Waals surface area contributed by atoms with E-state index in [9.17, 15) is 4.79 Å². The summed E-state index contributed by atoms with van der Waals surface area (Å²) in [6, 6.07) is 1.26. The highest BCUT2D eigenvalue weighted by Crippen LogP contribution is 2.10. The van der Waals surface area contributed by atoms with Crippen LogP contribution in [-0.4, -0.2) is 41.7 Å². The molecule has 1 aliphatic heterocycles. The van der Waals surface area contributed by atoms with Crippen molar-refractivity contribution in [2.75, 3.05) is 25.1 Å². The maximum Gasteiger partial charge on any atom is 0.246 e. The topological polar surface area (TPSA) is 76.1 Å². The molecule has 1 aromatic rings. The first-order chi connectivity index (χ1) is 8.15. The Labute approximate surface area is 104 Å². The van der Waals surface area contributed by atoms with Gasteiger partial charge in [-0.05, 0) is 13.0 Å². The van der Waals surface area contributed by atoms with E-state index in [2.05, 4.69) is 20.6 Å². The number of halogens is 1. The van der Waals surface area contributed by atoms with Gasteiger partial charge in [-0.2, -0.15) is 0 Å². The molecule has 1 unspecified atom stereocenters. The van der Waals surface area contributed by atoms with Crippen LogP contribution in [0, 0.1) is 6.92 Å². The van der Waals surface area contributed by atoms with Gasteiger partial charge in [0.25, 0.3) is 0 Å². The molecule has 0 saturated carbocycles. The van der Waals surface area contributed by atoms with Crippen LogP contribution in [0.25, 0.3) is 0 Å². The molecule has 17 heavy (non-hydrogen) atoms. The van der Waals surface area contributed by atoms with Crippen molar-refractivity contribution in [2.24, 2.45) is 0 Å². The number of aryl methyl sites for hydroxylation is 1. The van der Waals surface area contributed by atoms with Gasteiger partial charge in [-0.15, -0.1) is 0 Å². The van der Waals surface area contributed by atoms with Crippen molar-refractivity contribution in [2.45, 2.75) is 13.0 Å². The fourth-order valence-corrected chi connectivity index (χ4v) is 1.76. The minimum atomic E-state index is -0.369. The first kappa shape index (κ1) is 12.2. The smallest absolute Gasteiger partial charge is 0.246 e. The highest BCUT2D eigenvalue weighted by atomic mass is 35.5. The third-order valence-electron chi connectivity index (χ3n) is 2.30. The van der Waals surface area contributed by atoms with E-state index in [1.54, 1.807) is 13.0 Å². The fourth-order valence-electron chi connectivity index (χ4n) is 1.52. The Hall–Kier alpha value is -1.24. The molecule has 0 bridgehead atoms. The third-order valence-corrected chi connectivity index (χ3v) is 2.49. The highest BCUT2D eigenvalue weighted by molar-refractivity contribution is 6.29. The van der Waals surface area contributed by atoms with Gasteiger partial charge >= 0.3 is 0 Å². The number of hydrogen-bond donors (Lipinski definition) is 2. The van der Waals surface area contributed by atoms with Crippen molar-refractivity contribution in [3.8, 4) is 0 Å². The molecular weight excluding hydrogens is 244 g/mol. The van der Waals surface area contributed by atoms with Crippen LogP contribution in [0.2, 0.25) is 5.15 Å². The van der Waals surface area contributed by atoms with Gasteiger partial charge < -0.3 is 10.1 Å². The summed E-state index contributed by atoms with van der Waals surface area (Å²) in [4.78, 5) is 19.8. The lowest BCUT2D eigenvalue weighted by Gasteiger charge is -2.22. The Balaban J connectivity index is 2.01.